The first-order valence-corrected chi connectivity index (χ1v) is 13.9. The van der Waals surface area contributed by atoms with Gasteiger partial charge in [-0.05, 0) is 48.2 Å². The van der Waals surface area contributed by atoms with Crippen LogP contribution in [0.25, 0.3) is 0 Å². The first kappa shape index (κ1) is 28.4. The van der Waals surface area contributed by atoms with Gasteiger partial charge in [0, 0.05) is 25.9 Å². The molecule has 8 nitrogen and oxygen atoms in total. The Bertz CT molecular complexity index is 1180. The summed E-state index contributed by atoms with van der Waals surface area (Å²) < 4.78 is 0. The molecular weight excluding hydrogens is 488 g/mol. The molecule has 6 bridgehead atoms. The van der Waals surface area contributed by atoms with E-state index in [1.165, 1.54) is 0 Å². The highest BCUT2D eigenvalue weighted by atomic mass is 16.2. The van der Waals surface area contributed by atoms with E-state index in [2.05, 4.69) is 33.0 Å². The van der Waals surface area contributed by atoms with E-state index in [0.717, 1.165) is 34.2 Å². The monoisotopic (exact) mass is 528 g/mol. The number of hydrogen-bond donors (Lipinski definition) is 1. The summed E-state index contributed by atoms with van der Waals surface area (Å²) >= 11 is 0. The number of rotatable bonds is 4. The second-order valence-corrected chi connectivity index (χ2v) is 11.2. The van der Waals surface area contributed by atoms with Gasteiger partial charge in [0.05, 0.1) is 60.3 Å². The molecule has 2 amide bonds. The molecule has 0 aromatic carbocycles. The average molecular weight is 529 g/mol. The van der Waals surface area contributed by atoms with Crippen LogP contribution in [0.15, 0.2) is 54.6 Å². The molecule has 0 atom stereocenters. The highest BCUT2D eigenvalue weighted by Gasteiger charge is 2.20. The third-order valence-electron chi connectivity index (χ3n) is 6.49. The van der Waals surface area contributed by atoms with Crippen LogP contribution in [0, 0.1) is 11.8 Å². The van der Waals surface area contributed by atoms with Gasteiger partial charge < -0.3 is 15.1 Å². The number of carbonyl (C=O) groups is 2. The van der Waals surface area contributed by atoms with Crippen molar-refractivity contribution in [1.29, 1.82) is 0 Å². The van der Waals surface area contributed by atoms with Crippen LogP contribution in [0.5, 0.6) is 0 Å². The van der Waals surface area contributed by atoms with Gasteiger partial charge in [-0.25, -0.2) is 0 Å². The Balaban J connectivity index is 1.69. The van der Waals surface area contributed by atoms with E-state index in [1.54, 1.807) is 0 Å². The smallest absolute Gasteiger partial charge is 0.223 e. The molecule has 0 unspecified atom stereocenters. The topological polar surface area (TPSA) is 91.3 Å². The van der Waals surface area contributed by atoms with Crippen molar-refractivity contribution in [2.24, 2.45) is 11.8 Å². The normalized spacial score (nSPS) is 14.7. The Morgan fingerprint density at radius 2 is 0.923 bits per heavy atom. The SMILES string of the molecule is CC(C)CC(=O)N1Cc2cccc(n2)CNCc2cccc(n2)CN(C(=O)CC(C)C)Cc2cccc(n2)C1. The molecule has 1 aliphatic heterocycles. The number of carbonyl (C=O) groups excluding carboxylic acids is 2. The Labute approximate surface area is 231 Å². The van der Waals surface area contributed by atoms with Crippen LogP contribution in [0.4, 0.5) is 0 Å². The molecule has 4 rings (SSSR count). The first-order valence-electron chi connectivity index (χ1n) is 13.9. The molecule has 0 radical (unpaired) electrons. The van der Waals surface area contributed by atoms with Crippen molar-refractivity contribution in [2.45, 2.75) is 79.8 Å². The van der Waals surface area contributed by atoms with Crippen LogP contribution < -0.4 is 5.32 Å². The van der Waals surface area contributed by atoms with Gasteiger partial charge in [0.2, 0.25) is 11.8 Å². The maximum Gasteiger partial charge on any atom is 0.223 e. The molecule has 1 aliphatic rings. The van der Waals surface area contributed by atoms with E-state index < -0.39 is 0 Å². The highest BCUT2D eigenvalue weighted by molar-refractivity contribution is 5.76. The fourth-order valence-electron chi connectivity index (χ4n) is 4.66. The summed E-state index contributed by atoms with van der Waals surface area (Å²) in [5.41, 5.74) is 5.08. The number of fused-ring (bicyclic) bond motifs is 6. The highest BCUT2D eigenvalue weighted by Crippen LogP contribution is 2.16. The number of hydrogen-bond acceptors (Lipinski definition) is 6. The second-order valence-electron chi connectivity index (χ2n) is 11.2. The minimum Gasteiger partial charge on any atom is -0.331 e. The summed E-state index contributed by atoms with van der Waals surface area (Å²) in [6.07, 6.45) is 0.923. The van der Waals surface area contributed by atoms with Crippen LogP contribution in [-0.2, 0) is 48.9 Å². The zero-order chi connectivity index (χ0) is 27.8. The van der Waals surface area contributed by atoms with E-state index in [4.69, 9.17) is 15.0 Å². The van der Waals surface area contributed by atoms with Crippen LogP contribution in [0.1, 0.15) is 74.7 Å². The first-order chi connectivity index (χ1) is 18.7. The largest absolute Gasteiger partial charge is 0.331 e. The molecule has 0 fully saturated rings. The fraction of sp³-hybridized carbons (Fsp3) is 0.452. The number of nitrogens with zero attached hydrogens (tertiary/aromatic N) is 5. The fourth-order valence-corrected chi connectivity index (χ4v) is 4.66. The van der Waals surface area contributed by atoms with Crippen molar-refractivity contribution < 1.29 is 9.59 Å². The molecule has 8 heteroatoms. The molecule has 4 heterocycles. The van der Waals surface area contributed by atoms with E-state index in [0.29, 0.717) is 52.1 Å². The average Bonchev–Trinajstić information content (AvgIpc) is 2.87. The lowest BCUT2D eigenvalue weighted by atomic mass is 10.1. The van der Waals surface area contributed by atoms with Gasteiger partial charge in [-0.1, -0.05) is 45.9 Å². The van der Waals surface area contributed by atoms with Crippen LogP contribution in [0.3, 0.4) is 0 Å². The van der Waals surface area contributed by atoms with E-state index in [-0.39, 0.29) is 23.7 Å². The lowest BCUT2D eigenvalue weighted by Gasteiger charge is -2.25. The van der Waals surface area contributed by atoms with E-state index in [9.17, 15) is 9.59 Å². The maximum absolute atomic E-state index is 13.3. The third-order valence-corrected chi connectivity index (χ3v) is 6.49. The predicted octanol–water partition coefficient (Wildman–Crippen LogP) is 4.62. The van der Waals surface area contributed by atoms with Crippen LogP contribution >= 0.6 is 0 Å². The lowest BCUT2D eigenvalue weighted by Crippen LogP contribution is -2.33. The molecule has 0 saturated carbocycles. The van der Waals surface area contributed by atoms with E-state index in [1.807, 2.05) is 64.4 Å². The summed E-state index contributed by atoms with van der Waals surface area (Å²) in [5, 5.41) is 3.44. The Morgan fingerprint density at radius 3 is 1.26 bits per heavy atom. The van der Waals surface area contributed by atoms with Crippen molar-refractivity contribution in [3.05, 3.63) is 88.8 Å². The Hall–Kier alpha value is -3.65. The number of pyridine rings is 3. The molecule has 39 heavy (non-hydrogen) atoms. The van der Waals surface area contributed by atoms with Gasteiger partial charge in [0.1, 0.15) is 0 Å². The second kappa shape index (κ2) is 13.4. The molecular formula is C31H40N6O2. The standard InChI is InChI=1S/C31H40N6O2/c1-22(2)14-30(38)36-18-26-10-5-8-24(33-26)16-32-17-25-9-6-11-27(34-25)19-37(31(39)15-23(3)4)21-29-13-7-12-28(20-36)35-29/h5-13,22-23,32H,14-21H2,1-4H3. The summed E-state index contributed by atoms with van der Waals surface area (Å²) in [5.74, 6) is 0.657. The van der Waals surface area contributed by atoms with Gasteiger partial charge in [-0.15, -0.1) is 0 Å². The Morgan fingerprint density at radius 1 is 0.615 bits per heavy atom. The van der Waals surface area contributed by atoms with Gasteiger partial charge in [-0.3, -0.25) is 24.5 Å². The summed E-state index contributed by atoms with van der Waals surface area (Å²) in [7, 11) is 0. The number of nitrogens with one attached hydrogen (secondary N) is 1. The molecule has 1 N–H and O–H groups in total. The quantitative estimate of drug-likeness (QED) is 0.531. The van der Waals surface area contributed by atoms with Gasteiger partial charge in [0.15, 0.2) is 0 Å². The van der Waals surface area contributed by atoms with Crippen molar-refractivity contribution in [2.75, 3.05) is 0 Å². The van der Waals surface area contributed by atoms with Crippen molar-refractivity contribution in [1.82, 2.24) is 30.1 Å². The van der Waals surface area contributed by atoms with Crippen LogP contribution in [0.2, 0.25) is 0 Å². The number of aromatic nitrogens is 3. The molecule has 206 valence electrons. The van der Waals surface area contributed by atoms with Gasteiger partial charge >= 0.3 is 0 Å². The minimum atomic E-state index is 0.0789. The molecule has 0 saturated heterocycles. The third kappa shape index (κ3) is 8.68. The zero-order valence-corrected chi connectivity index (χ0v) is 23.6. The summed E-state index contributed by atoms with van der Waals surface area (Å²) in [6, 6.07) is 17.7. The van der Waals surface area contributed by atoms with Gasteiger partial charge in [0.25, 0.3) is 0 Å². The van der Waals surface area contributed by atoms with Crippen LogP contribution in [-0.4, -0.2) is 36.6 Å². The molecule has 3 aromatic rings. The molecule has 0 aliphatic carbocycles. The predicted molar refractivity (Wildman–Crippen MR) is 151 cm³/mol. The summed E-state index contributed by atoms with van der Waals surface area (Å²) in [4.78, 5) is 44.7. The molecule has 0 spiro atoms. The minimum absolute atomic E-state index is 0.0789. The summed E-state index contributed by atoms with van der Waals surface area (Å²) in [6.45, 7) is 11.0. The zero-order valence-electron chi connectivity index (χ0n) is 23.6. The lowest BCUT2D eigenvalue weighted by molar-refractivity contribution is -0.134. The van der Waals surface area contributed by atoms with Gasteiger partial charge in [-0.2, -0.15) is 0 Å². The maximum atomic E-state index is 13.3. The number of amides is 2. The Kier molecular flexibility index (Phi) is 9.76. The van der Waals surface area contributed by atoms with E-state index >= 15 is 0 Å². The molecule has 3 aromatic heterocycles. The van der Waals surface area contributed by atoms with Crippen molar-refractivity contribution in [3.8, 4) is 0 Å². The van der Waals surface area contributed by atoms with Crippen molar-refractivity contribution >= 4 is 11.8 Å². The van der Waals surface area contributed by atoms with Crippen molar-refractivity contribution in [3.63, 3.8) is 0 Å².